The third-order valence-electron chi connectivity index (χ3n) is 4.95. The van der Waals surface area contributed by atoms with Gasteiger partial charge in [-0.25, -0.2) is 0 Å². The summed E-state index contributed by atoms with van der Waals surface area (Å²) in [5.74, 6) is 0. The van der Waals surface area contributed by atoms with Gasteiger partial charge in [0.1, 0.15) is 12.2 Å². The molecule has 1 saturated heterocycles. The summed E-state index contributed by atoms with van der Waals surface area (Å²) in [4.78, 5) is 0. The highest BCUT2D eigenvalue weighted by molar-refractivity contribution is 6.74. The van der Waals surface area contributed by atoms with Gasteiger partial charge >= 0.3 is 0 Å². The Bertz CT molecular complexity index is 467. The van der Waals surface area contributed by atoms with Gasteiger partial charge in [0.2, 0.25) is 0 Å². The molecular formula is C18H30O3Si. The molecule has 0 bridgehead atoms. The molecule has 3 atom stereocenters. The molecule has 2 rings (SSSR count). The Hall–Kier alpha value is -0.683. The van der Waals surface area contributed by atoms with Crippen molar-refractivity contribution in [1.29, 1.82) is 0 Å². The summed E-state index contributed by atoms with van der Waals surface area (Å²) in [7, 11) is -1.67. The van der Waals surface area contributed by atoms with Crippen molar-refractivity contribution in [2.24, 2.45) is 0 Å². The Morgan fingerprint density at radius 1 is 1.23 bits per heavy atom. The van der Waals surface area contributed by atoms with Crippen LogP contribution in [-0.4, -0.2) is 32.2 Å². The van der Waals surface area contributed by atoms with E-state index in [1.807, 2.05) is 18.2 Å². The lowest BCUT2D eigenvalue weighted by Gasteiger charge is -2.36. The maximum absolute atomic E-state index is 10.2. The van der Waals surface area contributed by atoms with Gasteiger partial charge in [-0.1, -0.05) is 51.1 Å². The van der Waals surface area contributed by atoms with Gasteiger partial charge in [0.15, 0.2) is 8.32 Å². The van der Waals surface area contributed by atoms with E-state index in [2.05, 4.69) is 46.0 Å². The Morgan fingerprint density at radius 2 is 1.86 bits per heavy atom. The third kappa shape index (κ3) is 4.41. The second-order valence-electron chi connectivity index (χ2n) is 7.75. The first kappa shape index (κ1) is 17.7. The van der Waals surface area contributed by atoms with Crippen molar-refractivity contribution in [3.05, 3.63) is 35.9 Å². The van der Waals surface area contributed by atoms with Crippen molar-refractivity contribution in [1.82, 2.24) is 0 Å². The third-order valence-corrected chi connectivity index (χ3v) is 9.48. The van der Waals surface area contributed by atoms with E-state index in [1.165, 1.54) is 0 Å². The summed E-state index contributed by atoms with van der Waals surface area (Å²) in [5, 5.41) is 10.5. The van der Waals surface area contributed by atoms with Crippen LogP contribution >= 0.6 is 0 Å². The molecule has 1 aliphatic rings. The minimum Gasteiger partial charge on any atom is -0.417 e. The summed E-state index contributed by atoms with van der Waals surface area (Å²) in [5.41, 5.74) is 1.16. The topological polar surface area (TPSA) is 42.0 Å². The Morgan fingerprint density at radius 3 is 2.45 bits per heavy atom. The summed E-state index contributed by atoms with van der Waals surface area (Å²) in [6.45, 7) is 12.0. The molecule has 0 unspecified atom stereocenters. The molecule has 0 radical (unpaired) electrons. The highest BCUT2D eigenvalue weighted by Gasteiger charge is 2.45. The zero-order chi connectivity index (χ0) is 16.4. The normalized spacial score (nSPS) is 23.4. The fourth-order valence-electron chi connectivity index (χ4n) is 2.33. The zero-order valence-corrected chi connectivity index (χ0v) is 15.5. The maximum Gasteiger partial charge on any atom is 0.191 e. The Kier molecular flexibility index (Phi) is 5.48. The van der Waals surface area contributed by atoms with E-state index in [9.17, 15) is 5.11 Å². The first-order valence-electron chi connectivity index (χ1n) is 8.25. The average molecular weight is 323 g/mol. The number of ether oxygens (including phenoxy) is 1. The molecular weight excluding hydrogens is 292 g/mol. The molecule has 1 aromatic rings. The molecule has 1 aliphatic heterocycles. The number of rotatable bonds is 7. The van der Waals surface area contributed by atoms with Crippen LogP contribution in [0.1, 0.15) is 45.3 Å². The lowest BCUT2D eigenvalue weighted by atomic mass is 10.0. The second kappa shape index (κ2) is 6.83. The van der Waals surface area contributed by atoms with Crippen molar-refractivity contribution < 1.29 is 14.3 Å². The minimum atomic E-state index is -1.67. The second-order valence-corrected chi connectivity index (χ2v) is 12.6. The quantitative estimate of drug-likeness (QED) is 0.462. The first-order chi connectivity index (χ1) is 10.2. The van der Waals surface area contributed by atoms with Crippen molar-refractivity contribution in [3.8, 4) is 0 Å². The number of hydrogen-bond acceptors (Lipinski definition) is 3. The van der Waals surface area contributed by atoms with Gasteiger partial charge in [-0.3, -0.25) is 0 Å². The van der Waals surface area contributed by atoms with E-state index in [0.717, 1.165) is 25.0 Å². The van der Waals surface area contributed by atoms with Gasteiger partial charge in [0.05, 0.1) is 6.10 Å². The number of epoxide rings is 1. The van der Waals surface area contributed by atoms with E-state index in [0.29, 0.717) is 0 Å². The van der Waals surface area contributed by atoms with E-state index in [1.54, 1.807) is 0 Å². The number of aliphatic hydroxyl groups excluding tert-OH is 1. The minimum absolute atomic E-state index is 0.0460. The van der Waals surface area contributed by atoms with Crippen molar-refractivity contribution in [2.45, 2.75) is 70.1 Å². The monoisotopic (exact) mass is 322 g/mol. The van der Waals surface area contributed by atoms with Crippen LogP contribution in [0.3, 0.4) is 0 Å². The molecule has 1 heterocycles. The summed E-state index contributed by atoms with van der Waals surface area (Å²) >= 11 is 0. The van der Waals surface area contributed by atoms with E-state index in [4.69, 9.17) is 9.16 Å². The summed E-state index contributed by atoms with van der Waals surface area (Å²) < 4.78 is 11.8. The van der Waals surface area contributed by atoms with Crippen LogP contribution < -0.4 is 0 Å². The molecule has 1 N–H and O–H groups in total. The van der Waals surface area contributed by atoms with Gasteiger partial charge < -0.3 is 14.3 Å². The van der Waals surface area contributed by atoms with Crippen LogP contribution in [0, 0.1) is 0 Å². The lowest BCUT2D eigenvalue weighted by molar-refractivity contribution is 0.117. The molecule has 0 saturated carbocycles. The molecule has 4 heteroatoms. The molecule has 0 aliphatic carbocycles. The SMILES string of the molecule is CC(C)(C)[Si](C)(C)OCCC[C@@H](O)[C@H]1O[C@@H]1c1ccccc1. The fourth-order valence-corrected chi connectivity index (χ4v) is 3.42. The molecule has 0 spiro atoms. The van der Waals surface area contributed by atoms with Crippen LogP contribution in [0.2, 0.25) is 18.1 Å². The van der Waals surface area contributed by atoms with Crippen LogP contribution in [0.25, 0.3) is 0 Å². The molecule has 1 fully saturated rings. The van der Waals surface area contributed by atoms with Gasteiger partial charge in [-0.05, 0) is 36.5 Å². The summed E-state index contributed by atoms with van der Waals surface area (Å²) in [6, 6.07) is 10.1. The maximum atomic E-state index is 10.2. The van der Waals surface area contributed by atoms with Gasteiger partial charge in [-0.2, -0.15) is 0 Å². The van der Waals surface area contributed by atoms with Gasteiger partial charge in [0.25, 0.3) is 0 Å². The standard InChI is InChI=1S/C18H30O3Si/c1-18(2,3)22(4,5)20-13-9-12-15(19)17-16(21-17)14-10-7-6-8-11-14/h6-8,10-11,15-17,19H,9,12-13H2,1-5H3/t15-,16-,17-/m1/s1. The van der Waals surface area contributed by atoms with Crippen LogP contribution in [0.4, 0.5) is 0 Å². The van der Waals surface area contributed by atoms with Crippen LogP contribution in [0.5, 0.6) is 0 Å². The highest BCUT2D eigenvalue weighted by Crippen LogP contribution is 2.41. The average Bonchev–Trinajstić information content (AvgIpc) is 3.23. The number of benzene rings is 1. The predicted octanol–water partition coefficient (Wildman–Crippen LogP) is 4.29. The van der Waals surface area contributed by atoms with Crippen LogP contribution in [0.15, 0.2) is 30.3 Å². The molecule has 0 amide bonds. The molecule has 0 aromatic heterocycles. The van der Waals surface area contributed by atoms with Crippen molar-refractivity contribution in [2.75, 3.05) is 6.61 Å². The number of aliphatic hydroxyl groups is 1. The van der Waals surface area contributed by atoms with Crippen molar-refractivity contribution in [3.63, 3.8) is 0 Å². The fraction of sp³-hybridized carbons (Fsp3) is 0.667. The van der Waals surface area contributed by atoms with Crippen LogP contribution in [-0.2, 0) is 9.16 Å². The van der Waals surface area contributed by atoms with E-state index in [-0.39, 0.29) is 17.2 Å². The Balaban J connectivity index is 1.69. The zero-order valence-electron chi connectivity index (χ0n) is 14.5. The summed E-state index contributed by atoms with van der Waals surface area (Å²) in [6.07, 6.45) is 1.25. The van der Waals surface area contributed by atoms with Gasteiger partial charge in [0, 0.05) is 6.61 Å². The first-order valence-corrected chi connectivity index (χ1v) is 11.2. The molecule has 1 aromatic carbocycles. The molecule has 3 nitrogen and oxygen atoms in total. The molecule has 124 valence electrons. The van der Waals surface area contributed by atoms with E-state index >= 15 is 0 Å². The largest absolute Gasteiger partial charge is 0.417 e. The Labute approximate surface area is 135 Å². The van der Waals surface area contributed by atoms with Crippen molar-refractivity contribution >= 4 is 8.32 Å². The number of hydrogen-bond donors (Lipinski definition) is 1. The molecule has 22 heavy (non-hydrogen) atoms. The van der Waals surface area contributed by atoms with Gasteiger partial charge in [-0.15, -0.1) is 0 Å². The van der Waals surface area contributed by atoms with E-state index < -0.39 is 14.4 Å². The lowest BCUT2D eigenvalue weighted by Crippen LogP contribution is -2.41. The highest BCUT2D eigenvalue weighted by atomic mass is 28.4. The smallest absolute Gasteiger partial charge is 0.191 e. The predicted molar refractivity (Wildman–Crippen MR) is 92.4 cm³/mol.